The van der Waals surface area contributed by atoms with E-state index >= 15 is 0 Å². The van der Waals surface area contributed by atoms with Gasteiger partial charge in [0, 0.05) is 16.7 Å². The predicted molar refractivity (Wildman–Crippen MR) is 107 cm³/mol. The Morgan fingerprint density at radius 2 is 1.79 bits per heavy atom. The lowest BCUT2D eigenvalue weighted by molar-refractivity contribution is -0.137. The molecule has 0 spiro atoms. The Labute approximate surface area is 161 Å². The van der Waals surface area contributed by atoms with Gasteiger partial charge in [0.1, 0.15) is 18.8 Å². The largest absolute Gasteiger partial charge is 0.416 e. The molecule has 0 saturated heterocycles. The summed E-state index contributed by atoms with van der Waals surface area (Å²) >= 11 is 0. The van der Waals surface area contributed by atoms with E-state index in [0.29, 0.717) is 33.4 Å². The van der Waals surface area contributed by atoms with E-state index in [1.807, 2.05) is 0 Å². The minimum Gasteiger partial charge on any atom is -0.363 e. The number of alkyl halides is 3. The molecule has 0 unspecified atom stereocenters. The minimum absolute atomic E-state index is 0.418. The van der Waals surface area contributed by atoms with Gasteiger partial charge >= 0.3 is 6.18 Å². The van der Waals surface area contributed by atoms with Crippen molar-refractivity contribution in [2.24, 2.45) is 0 Å². The van der Waals surface area contributed by atoms with Gasteiger partial charge in [-0.3, -0.25) is 0 Å². The van der Waals surface area contributed by atoms with Crippen LogP contribution >= 0.6 is 7.14 Å². The number of benzene rings is 2. The first-order chi connectivity index (χ1) is 12.9. The smallest absolute Gasteiger partial charge is 0.363 e. The van der Waals surface area contributed by atoms with E-state index < -0.39 is 24.9 Å². The summed E-state index contributed by atoms with van der Waals surface area (Å²) < 4.78 is 51.5. The lowest BCUT2D eigenvalue weighted by Gasteiger charge is -2.19. The van der Waals surface area contributed by atoms with Crippen molar-refractivity contribution in [3.63, 3.8) is 0 Å². The zero-order valence-electron chi connectivity index (χ0n) is 16.0. The summed E-state index contributed by atoms with van der Waals surface area (Å²) in [6.45, 7) is 6.88. The van der Waals surface area contributed by atoms with Crippen LogP contribution in [-0.2, 0) is 10.7 Å². The highest BCUT2D eigenvalue weighted by Gasteiger charge is 2.30. The fraction of sp³-hybridized carbons (Fsp3) is 0.300. The van der Waals surface area contributed by atoms with Gasteiger partial charge in [0.2, 0.25) is 0 Å². The zero-order chi connectivity index (χ0) is 20.7. The summed E-state index contributed by atoms with van der Waals surface area (Å²) in [5.41, 5.74) is 0.484. The lowest BCUT2D eigenvalue weighted by atomic mass is 10.0. The molecular formula is C20H21F3N3OP. The van der Waals surface area contributed by atoms with Crippen molar-refractivity contribution in [3.05, 3.63) is 59.4 Å². The van der Waals surface area contributed by atoms with E-state index in [4.69, 9.17) is 0 Å². The van der Waals surface area contributed by atoms with Crippen LogP contribution in [0.4, 0.5) is 19.0 Å². The van der Waals surface area contributed by atoms with E-state index in [2.05, 4.69) is 15.3 Å². The summed E-state index contributed by atoms with van der Waals surface area (Å²) in [6, 6.07) is 10.2. The number of anilines is 1. The van der Waals surface area contributed by atoms with Gasteiger partial charge in [0.15, 0.2) is 0 Å². The molecule has 0 saturated carbocycles. The average molecular weight is 407 g/mol. The molecule has 0 amide bonds. The van der Waals surface area contributed by atoms with Gasteiger partial charge in [-0.2, -0.15) is 13.2 Å². The summed E-state index contributed by atoms with van der Waals surface area (Å²) in [6.07, 6.45) is -4.40. The number of rotatable bonds is 4. The van der Waals surface area contributed by atoms with Crippen LogP contribution in [0.15, 0.2) is 42.5 Å². The van der Waals surface area contributed by atoms with Gasteiger partial charge in [-0.15, -0.1) is 0 Å². The number of fused-ring (bicyclic) bond motifs is 1. The predicted octanol–water partition coefficient (Wildman–Crippen LogP) is 5.38. The Morgan fingerprint density at radius 1 is 1.07 bits per heavy atom. The van der Waals surface area contributed by atoms with Crippen LogP contribution in [-0.4, -0.2) is 23.3 Å². The highest BCUT2D eigenvalue weighted by Crippen LogP contribution is 2.36. The maximum atomic E-state index is 13.0. The minimum atomic E-state index is -4.40. The van der Waals surface area contributed by atoms with E-state index in [1.165, 1.54) is 6.07 Å². The van der Waals surface area contributed by atoms with Gasteiger partial charge in [0.05, 0.1) is 11.1 Å². The van der Waals surface area contributed by atoms with Crippen LogP contribution in [0.1, 0.15) is 29.9 Å². The van der Waals surface area contributed by atoms with Crippen molar-refractivity contribution in [2.45, 2.75) is 26.1 Å². The molecule has 0 aliphatic rings. The second kappa shape index (κ2) is 7.21. The second-order valence-electron chi connectivity index (χ2n) is 7.16. The summed E-state index contributed by atoms with van der Waals surface area (Å²) in [4.78, 5) is 8.82. The van der Waals surface area contributed by atoms with Crippen LogP contribution < -0.4 is 10.6 Å². The Kier molecular flexibility index (Phi) is 5.24. The highest BCUT2D eigenvalue weighted by molar-refractivity contribution is 7.70. The molecule has 1 atom stereocenters. The number of hydrogen-bond donors (Lipinski definition) is 1. The van der Waals surface area contributed by atoms with E-state index in [-0.39, 0.29) is 0 Å². The molecule has 148 valence electrons. The molecule has 0 aliphatic heterocycles. The molecule has 1 aromatic heterocycles. The number of hydrogen-bond acceptors (Lipinski definition) is 4. The summed E-state index contributed by atoms with van der Waals surface area (Å²) in [7, 11) is -2.48. The quantitative estimate of drug-likeness (QED) is 0.590. The maximum Gasteiger partial charge on any atom is 0.416 e. The van der Waals surface area contributed by atoms with Gasteiger partial charge in [-0.1, -0.05) is 12.1 Å². The molecule has 4 nitrogen and oxygen atoms in total. The third-order valence-corrected chi connectivity index (χ3v) is 6.00. The molecule has 0 fully saturated rings. The number of aryl methyl sites for hydroxylation is 1. The molecule has 0 radical (unpaired) electrons. The highest BCUT2D eigenvalue weighted by atomic mass is 31.2. The number of aromatic nitrogens is 2. The maximum absolute atomic E-state index is 13.0. The Balaban J connectivity index is 2.03. The molecule has 1 heterocycles. The first-order valence-corrected chi connectivity index (χ1v) is 11.3. The molecule has 0 aliphatic carbocycles. The van der Waals surface area contributed by atoms with Crippen molar-refractivity contribution >= 4 is 29.2 Å². The third kappa shape index (κ3) is 4.36. The van der Waals surface area contributed by atoms with Crippen molar-refractivity contribution in [3.8, 4) is 0 Å². The van der Waals surface area contributed by atoms with Crippen molar-refractivity contribution in [1.29, 1.82) is 0 Å². The third-order valence-electron chi connectivity index (χ3n) is 4.48. The number of nitrogens with one attached hydrogen (secondary N) is 1. The molecular weight excluding hydrogens is 386 g/mol. The normalized spacial score (nSPS) is 13.5. The first-order valence-electron chi connectivity index (χ1n) is 8.73. The molecule has 1 N–H and O–H groups in total. The molecule has 3 aromatic rings. The number of nitrogens with zero attached hydrogens (tertiary/aromatic N) is 2. The van der Waals surface area contributed by atoms with Gasteiger partial charge in [-0.05, 0) is 63.1 Å². The molecule has 28 heavy (non-hydrogen) atoms. The Hall–Kier alpha value is -2.40. The van der Waals surface area contributed by atoms with Crippen LogP contribution in [0.3, 0.4) is 0 Å². The van der Waals surface area contributed by atoms with Gasteiger partial charge in [0.25, 0.3) is 0 Å². The summed E-state index contributed by atoms with van der Waals surface area (Å²) in [5, 5.41) is 4.57. The first kappa shape index (κ1) is 20.3. The van der Waals surface area contributed by atoms with Crippen LogP contribution in [0, 0.1) is 6.92 Å². The zero-order valence-corrected chi connectivity index (χ0v) is 16.9. The van der Waals surface area contributed by atoms with Crippen LogP contribution in [0.5, 0.6) is 0 Å². The standard InChI is InChI=1S/C20H21F3N3OP/c1-12(14-6-5-7-15(10-14)20(21,22)23)24-19-17-11-16(28(3,4)27)8-9-18(17)25-13(2)26-19/h5-12H,1-4H3,(H,24,25,26)/t12-/m1/s1. The molecule has 3 rings (SSSR count). The molecule has 2 aromatic carbocycles. The van der Waals surface area contributed by atoms with Crippen molar-refractivity contribution < 1.29 is 17.7 Å². The molecule has 0 bridgehead atoms. The average Bonchev–Trinajstić information content (AvgIpc) is 2.59. The lowest BCUT2D eigenvalue weighted by Crippen LogP contribution is -2.12. The Morgan fingerprint density at radius 3 is 2.43 bits per heavy atom. The Bertz CT molecular complexity index is 1080. The van der Waals surface area contributed by atoms with Crippen LogP contribution in [0.2, 0.25) is 0 Å². The number of halogens is 3. The van der Waals surface area contributed by atoms with Gasteiger partial charge in [-0.25, -0.2) is 9.97 Å². The molecule has 8 heteroatoms. The van der Waals surface area contributed by atoms with Crippen molar-refractivity contribution in [1.82, 2.24) is 9.97 Å². The topological polar surface area (TPSA) is 54.9 Å². The SMILES string of the molecule is Cc1nc(N[C@H](C)c2cccc(C(F)(F)F)c2)c2cc(P(C)(C)=O)ccc2n1. The van der Waals surface area contributed by atoms with Gasteiger partial charge < -0.3 is 9.88 Å². The van der Waals surface area contributed by atoms with E-state index in [9.17, 15) is 17.7 Å². The van der Waals surface area contributed by atoms with E-state index in [0.717, 1.165) is 12.1 Å². The summed E-state index contributed by atoms with van der Waals surface area (Å²) in [5.74, 6) is 1.04. The van der Waals surface area contributed by atoms with Crippen LogP contribution in [0.25, 0.3) is 10.9 Å². The monoisotopic (exact) mass is 407 g/mol. The fourth-order valence-corrected chi connectivity index (χ4v) is 3.82. The second-order valence-corrected chi connectivity index (χ2v) is 10.4. The fourth-order valence-electron chi connectivity index (χ4n) is 2.95. The van der Waals surface area contributed by atoms with Crippen molar-refractivity contribution in [2.75, 3.05) is 18.6 Å². The van der Waals surface area contributed by atoms with E-state index in [1.54, 1.807) is 51.4 Å².